The third-order valence-electron chi connectivity index (χ3n) is 4.34. The number of nitro groups is 1. The van der Waals surface area contributed by atoms with Gasteiger partial charge in [0.15, 0.2) is 0 Å². The normalized spacial score (nSPS) is 13.7. The van der Waals surface area contributed by atoms with Crippen LogP contribution in [0, 0.1) is 10.1 Å². The van der Waals surface area contributed by atoms with Crippen LogP contribution in [-0.4, -0.2) is 54.1 Å². The number of hydrazine groups is 1. The van der Waals surface area contributed by atoms with E-state index in [9.17, 15) is 19.7 Å². The van der Waals surface area contributed by atoms with Gasteiger partial charge in [0.25, 0.3) is 5.91 Å². The number of hydrogen-bond donors (Lipinski definition) is 0. The third kappa shape index (κ3) is 4.21. The van der Waals surface area contributed by atoms with Gasteiger partial charge in [0.2, 0.25) is 5.76 Å². The monoisotopic (exact) mass is 401 g/mol. The third-order valence-corrected chi connectivity index (χ3v) is 4.34. The smallest absolute Gasteiger partial charge is 0.433 e. The summed E-state index contributed by atoms with van der Waals surface area (Å²) in [6.45, 7) is 0.641. The molecule has 0 radical (unpaired) electrons. The predicted molar refractivity (Wildman–Crippen MR) is 101 cm³/mol. The first-order valence-electron chi connectivity index (χ1n) is 8.72. The van der Waals surface area contributed by atoms with Crippen LogP contribution in [0.25, 0.3) is 6.08 Å². The Kier molecular flexibility index (Phi) is 5.82. The molecule has 0 unspecified atom stereocenters. The van der Waals surface area contributed by atoms with Gasteiger partial charge >= 0.3 is 11.8 Å². The van der Waals surface area contributed by atoms with Crippen LogP contribution in [0.2, 0.25) is 0 Å². The minimum Gasteiger partial charge on any atom is -0.497 e. The van der Waals surface area contributed by atoms with Crippen molar-refractivity contribution in [2.75, 3.05) is 27.3 Å². The number of benzene rings is 1. The Hall–Kier alpha value is -3.82. The second kappa shape index (κ2) is 8.46. The maximum Gasteiger partial charge on any atom is 0.433 e. The molecule has 0 aliphatic carbocycles. The van der Waals surface area contributed by atoms with Crippen molar-refractivity contribution in [3.63, 3.8) is 0 Å². The molecular weight excluding hydrogens is 382 g/mol. The zero-order chi connectivity index (χ0) is 21.0. The zero-order valence-corrected chi connectivity index (χ0v) is 15.9. The molecular formula is C19H19N3O7. The summed E-state index contributed by atoms with van der Waals surface area (Å²) in [6, 6.07) is 7.50. The number of carbonyl (C=O) groups excluding carboxylic acids is 2. The van der Waals surface area contributed by atoms with Crippen molar-refractivity contribution in [3.8, 4) is 11.5 Å². The van der Waals surface area contributed by atoms with E-state index in [1.54, 1.807) is 24.3 Å². The second-order valence-corrected chi connectivity index (χ2v) is 6.08. The average Bonchev–Trinajstić information content (AvgIpc) is 3.41. The number of amides is 2. The molecule has 0 saturated carbocycles. The van der Waals surface area contributed by atoms with Crippen molar-refractivity contribution >= 4 is 23.8 Å². The Morgan fingerprint density at radius 3 is 2.55 bits per heavy atom. The largest absolute Gasteiger partial charge is 0.497 e. The summed E-state index contributed by atoms with van der Waals surface area (Å²) in [5.41, 5.74) is 0.638. The van der Waals surface area contributed by atoms with Gasteiger partial charge in [-0.1, -0.05) is 0 Å². The van der Waals surface area contributed by atoms with E-state index in [0.29, 0.717) is 36.6 Å². The summed E-state index contributed by atoms with van der Waals surface area (Å²) in [7, 11) is 3.05. The summed E-state index contributed by atoms with van der Waals surface area (Å²) in [5, 5.41) is 13.2. The predicted octanol–water partition coefficient (Wildman–Crippen LogP) is 2.51. The number of rotatable bonds is 6. The van der Waals surface area contributed by atoms with Crippen LogP contribution in [0.15, 0.2) is 40.8 Å². The molecule has 2 aromatic rings. The molecule has 1 aromatic heterocycles. The SMILES string of the molecule is COc1ccc(OC)c(C=CC(=O)N2CCCN2C(=O)c2ccc([N+](=O)[O-])o2)c1. The topological polar surface area (TPSA) is 115 Å². The van der Waals surface area contributed by atoms with Crippen LogP contribution in [0.5, 0.6) is 11.5 Å². The molecule has 2 heterocycles. The standard InChI is InChI=1S/C19H19N3O7/c1-27-14-5-6-15(28-2)13(12-14)4-8-17(23)20-10-3-11-21(20)19(24)16-7-9-18(29-16)22(25)26/h4-9,12H,3,10-11H2,1-2H3. The van der Waals surface area contributed by atoms with Gasteiger partial charge in [-0.25, -0.2) is 10.0 Å². The highest BCUT2D eigenvalue weighted by atomic mass is 16.6. The minimum atomic E-state index is -0.728. The van der Waals surface area contributed by atoms with E-state index >= 15 is 0 Å². The van der Waals surface area contributed by atoms with Gasteiger partial charge in [-0.05, 0) is 36.8 Å². The van der Waals surface area contributed by atoms with Gasteiger partial charge in [0.1, 0.15) is 16.4 Å². The summed E-state index contributed by atoms with van der Waals surface area (Å²) in [4.78, 5) is 35.3. The summed E-state index contributed by atoms with van der Waals surface area (Å²) in [5.74, 6) is -0.592. The maximum atomic E-state index is 12.7. The van der Waals surface area contributed by atoms with Crippen LogP contribution in [0.3, 0.4) is 0 Å². The molecule has 10 heteroatoms. The highest BCUT2D eigenvalue weighted by Crippen LogP contribution is 2.26. The molecule has 0 N–H and O–H groups in total. The fourth-order valence-corrected chi connectivity index (χ4v) is 2.94. The fourth-order valence-electron chi connectivity index (χ4n) is 2.94. The summed E-state index contributed by atoms with van der Waals surface area (Å²) < 4.78 is 15.4. The number of ether oxygens (including phenoxy) is 2. The number of nitrogens with zero attached hydrogens (tertiary/aromatic N) is 3. The molecule has 1 aliphatic rings. The second-order valence-electron chi connectivity index (χ2n) is 6.08. The van der Waals surface area contributed by atoms with Crippen molar-refractivity contribution in [1.82, 2.24) is 10.0 Å². The first-order chi connectivity index (χ1) is 13.9. The van der Waals surface area contributed by atoms with Gasteiger partial charge in [-0.15, -0.1) is 0 Å². The van der Waals surface area contributed by atoms with Crippen LogP contribution >= 0.6 is 0 Å². The quantitative estimate of drug-likeness (QED) is 0.415. The number of furan rings is 1. The van der Waals surface area contributed by atoms with Gasteiger partial charge in [-0.2, -0.15) is 0 Å². The Balaban J connectivity index is 1.77. The summed E-state index contributed by atoms with van der Waals surface area (Å²) >= 11 is 0. The van der Waals surface area contributed by atoms with E-state index in [1.165, 1.54) is 36.4 Å². The number of methoxy groups -OCH3 is 2. The maximum absolute atomic E-state index is 12.7. The number of carbonyl (C=O) groups is 2. The van der Waals surface area contributed by atoms with Crippen LogP contribution in [0.4, 0.5) is 5.88 Å². The van der Waals surface area contributed by atoms with Crippen molar-refractivity contribution < 1.29 is 28.4 Å². The molecule has 152 valence electrons. The number of hydrogen-bond acceptors (Lipinski definition) is 7. The van der Waals surface area contributed by atoms with Crippen molar-refractivity contribution in [2.45, 2.75) is 6.42 Å². The van der Waals surface area contributed by atoms with Crippen molar-refractivity contribution in [2.24, 2.45) is 0 Å². The van der Waals surface area contributed by atoms with E-state index in [-0.39, 0.29) is 5.76 Å². The van der Waals surface area contributed by atoms with Crippen molar-refractivity contribution in [1.29, 1.82) is 0 Å². The lowest BCUT2D eigenvalue weighted by Crippen LogP contribution is -2.44. The Bertz CT molecular complexity index is 966. The lowest BCUT2D eigenvalue weighted by atomic mass is 10.1. The van der Waals surface area contributed by atoms with Crippen LogP contribution in [-0.2, 0) is 4.79 Å². The molecule has 1 aromatic carbocycles. The first-order valence-corrected chi connectivity index (χ1v) is 8.72. The van der Waals surface area contributed by atoms with E-state index in [4.69, 9.17) is 13.9 Å². The van der Waals surface area contributed by atoms with Crippen molar-refractivity contribution in [3.05, 3.63) is 57.8 Å². The minimum absolute atomic E-state index is 0.199. The molecule has 29 heavy (non-hydrogen) atoms. The van der Waals surface area contributed by atoms with E-state index in [1.807, 2.05) is 0 Å². The molecule has 0 bridgehead atoms. The Labute approximate surface area is 166 Å². The molecule has 2 amide bonds. The van der Waals surface area contributed by atoms with Gasteiger partial charge in [0, 0.05) is 24.7 Å². The summed E-state index contributed by atoms with van der Waals surface area (Å²) in [6.07, 6.45) is 3.48. The molecule has 0 spiro atoms. The van der Waals surface area contributed by atoms with E-state index < -0.39 is 22.6 Å². The van der Waals surface area contributed by atoms with Gasteiger partial charge < -0.3 is 13.9 Å². The lowest BCUT2D eigenvalue weighted by Gasteiger charge is -2.25. The van der Waals surface area contributed by atoms with Crippen LogP contribution < -0.4 is 9.47 Å². The molecule has 0 atom stereocenters. The molecule has 3 rings (SSSR count). The van der Waals surface area contributed by atoms with E-state index in [0.717, 1.165) is 6.07 Å². The molecule has 1 fully saturated rings. The fraction of sp³-hybridized carbons (Fsp3) is 0.263. The molecule has 1 saturated heterocycles. The lowest BCUT2D eigenvalue weighted by molar-refractivity contribution is -0.402. The Morgan fingerprint density at radius 1 is 1.14 bits per heavy atom. The average molecular weight is 401 g/mol. The molecule has 10 nitrogen and oxygen atoms in total. The van der Waals surface area contributed by atoms with E-state index in [2.05, 4.69) is 0 Å². The van der Waals surface area contributed by atoms with Crippen LogP contribution in [0.1, 0.15) is 22.5 Å². The van der Waals surface area contributed by atoms with Gasteiger partial charge in [0.05, 0.1) is 20.3 Å². The highest BCUT2D eigenvalue weighted by molar-refractivity contribution is 5.97. The Morgan fingerprint density at radius 2 is 1.90 bits per heavy atom. The first kappa shape index (κ1) is 19.9. The van der Waals surface area contributed by atoms with Gasteiger partial charge in [-0.3, -0.25) is 19.7 Å². The zero-order valence-electron chi connectivity index (χ0n) is 15.9. The molecule has 1 aliphatic heterocycles. The highest BCUT2D eigenvalue weighted by Gasteiger charge is 2.32.